The van der Waals surface area contributed by atoms with Crippen LogP contribution in [0.15, 0.2) is 6.07 Å². The molecule has 1 N–H and O–H groups in total. The van der Waals surface area contributed by atoms with Gasteiger partial charge in [-0.15, -0.1) is 0 Å². The van der Waals surface area contributed by atoms with Gasteiger partial charge in [-0.25, -0.2) is 0 Å². The molecule has 3 heteroatoms. The van der Waals surface area contributed by atoms with Gasteiger partial charge >= 0.3 is 0 Å². The quantitative estimate of drug-likeness (QED) is 0.734. The second kappa shape index (κ2) is 5.15. The van der Waals surface area contributed by atoms with E-state index in [1.807, 2.05) is 20.0 Å². The van der Waals surface area contributed by atoms with Gasteiger partial charge in [0.2, 0.25) is 0 Å². The molecule has 1 aromatic heterocycles. The predicted molar refractivity (Wildman–Crippen MR) is 57.0 cm³/mol. The van der Waals surface area contributed by atoms with E-state index in [0.717, 1.165) is 24.2 Å². The first-order valence-electron chi connectivity index (χ1n) is 5.33. The lowest BCUT2D eigenvalue weighted by Crippen LogP contribution is -2.05. The summed E-state index contributed by atoms with van der Waals surface area (Å²) in [5.41, 5.74) is 1.90. The minimum Gasteiger partial charge on any atom is -0.387 e. The Balaban J connectivity index is 2.51. The standard InChI is InChI=1S/C11H20N2O/c1-4-5-6-7-11(14)10-8-9(2)12-13(10)3/h8,11,14H,4-7H2,1-3H3. The number of nitrogens with zero attached hydrogens (tertiary/aromatic N) is 2. The molecule has 1 unspecified atom stereocenters. The van der Waals surface area contributed by atoms with E-state index in [4.69, 9.17) is 0 Å². The Morgan fingerprint density at radius 1 is 1.50 bits per heavy atom. The van der Waals surface area contributed by atoms with Crippen LogP contribution in [0.25, 0.3) is 0 Å². The lowest BCUT2D eigenvalue weighted by atomic mass is 10.1. The Morgan fingerprint density at radius 2 is 2.21 bits per heavy atom. The van der Waals surface area contributed by atoms with Gasteiger partial charge in [-0.05, 0) is 19.4 Å². The summed E-state index contributed by atoms with van der Waals surface area (Å²) in [6.45, 7) is 4.11. The van der Waals surface area contributed by atoms with Gasteiger partial charge in [-0.1, -0.05) is 26.2 Å². The van der Waals surface area contributed by atoms with Crippen LogP contribution in [0.5, 0.6) is 0 Å². The van der Waals surface area contributed by atoms with Crippen molar-refractivity contribution in [3.05, 3.63) is 17.5 Å². The third kappa shape index (κ3) is 2.84. The largest absolute Gasteiger partial charge is 0.387 e. The molecule has 1 rings (SSSR count). The minimum absolute atomic E-state index is 0.354. The molecule has 0 radical (unpaired) electrons. The molecule has 14 heavy (non-hydrogen) atoms. The highest BCUT2D eigenvalue weighted by atomic mass is 16.3. The summed E-state index contributed by atoms with van der Waals surface area (Å²) in [4.78, 5) is 0. The van der Waals surface area contributed by atoms with Crippen molar-refractivity contribution in [2.24, 2.45) is 7.05 Å². The van der Waals surface area contributed by atoms with Crippen molar-refractivity contribution in [1.29, 1.82) is 0 Å². The number of aromatic nitrogens is 2. The molecule has 1 heterocycles. The molecule has 1 aromatic rings. The Morgan fingerprint density at radius 3 is 2.71 bits per heavy atom. The van der Waals surface area contributed by atoms with Gasteiger partial charge in [-0.2, -0.15) is 5.10 Å². The maximum atomic E-state index is 9.88. The van der Waals surface area contributed by atoms with Gasteiger partial charge < -0.3 is 5.11 Å². The zero-order valence-electron chi connectivity index (χ0n) is 9.32. The molecular weight excluding hydrogens is 176 g/mol. The highest BCUT2D eigenvalue weighted by molar-refractivity contribution is 5.11. The van der Waals surface area contributed by atoms with Crippen molar-refractivity contribution >= 4 is 0 Å². The SMILES string of the molecule is CCCCCC(O)c1cc(C)nn1C. The Labute approximate surface area is 85.8 Å². The highest BCUT2D eigenvalue weighted by Crippen LogP contribution is 2.19. The van der Waals surface area contributed by atoms with Crippen LogP contribution in [-0.2, 0) is 7.05 Å². The first-order valence-corrected chi connectivity index (χ1v) is 5.33. The number of rotatable bonds is 5. The molecule has 0 amide bonds. The monoisotopic (exact) mass is 196 g/mol. The lowest BCUT2D eigenvalue weighted by Gasteiger charge is -2.09. The lowest BCUT2D eigenvalue weighted by molar-refractivity contribution is 0.154. The molecule has 1 atom stereocenters. The molecule has 0 aliphatic carbocycles. The number of hydrogen-bond acceptors (Lipinski definition) is 2. The topological polar surface area (TPSA) is 38.1 Å². The predicted octanol–water partition coefficient (Wildman–Crippen LogP) is 2.34. The van der Waals surface area contributed by atoms with Crippen molar-refractivity contribution in [3.63, 3.8) is 0 Å². The Hall–Kier alpha value is -0.830. The molecule has 0 saturated carbocycles. The van der Waals surface area contributed by atoms with E-state index in [1.54, 1.807) is 4.68 Å². The van der Waals surface area contributed by atoms with E-state index in [0.29, 0.717) is 0 Å². The maximum absolute atomic E-state index is 9.88. The van der Waals surface area contributed by atoms with Crippen LogP contribution in [0.3, 0.4) is 0 Å². The molecular formula is C11H20N2O. The molecule has 0 bridgehead atoms. The second-order valence-corrected chi connectivity index (χ2v) is 3.85. The van der Waals surface area contributed by atoms with Crippen molar-refractivity contribution in [1.82, 2.24) is 9.78 Å². The van der Waals surface area contributed by atoms with E-state index in [9.17, 15) is 5.11 Å². The average Bonchev–Trinajstić information content (AvgIpc) is 2.45. The Kier molecular flexibility index (Phi) is 4.14. The summed E-state index contributed by atoms with van der Waals surface area (Å²) < 4.78 is 1.77. The first-order chi connectivity index (χ1) is 6.65. The van der Waals surface area contributed by atoms with Crippen LogP contribution in [0.1, 0.15) is 50.1 Å². The molecule has 0 spiro atoms. The van der Waals surface area contributed by atoms with Gasteiger partial charge in [0, 0.05) is 7.05 Å². The van der Waals surface area contributed by atoms with Crippen LogP contribution < -0.4 is 0 Å². The van der Waals surface area contributed by atoms with Gasteiger partial charge in [0.15, 0.2) is 0 Å². The summed E-state index contributed by atoms with van der Waals surface area (Å²) in [5.74, 6) is 0. The fourth-order valence-electron chi connectivity index (χ4n) is 1.68. The van der Waals surface area contributed by atoms with Crippen LogP contribution in [0.4, 0.5) is 0 Å². The third-order valence-electron chi connectivity index (χ3n) is 2.46. The molecule has 0 aliphatic heterocycles. The first kappa shape index (κ1) is 11.2. The van der Waals surface area contributed by atoms with Gasteiger partial charge in [0.05, 0.1) is 17.5 Å². The Bertz CT molecular complexity index is 281. The normalized spacial score (nSPS) is 13.1. The zero-order valence-corrected chi connectivity index (χ0v) is 9.32. The van der Waals surface area contributed by atoms with E-state index in [-0.39, 0.29) is 6.10 Å². The summed E-state index contributed by atoms with van der Waals surface area (Å²) in [6.07, 6.45) is 3.95. The second-order valence-electron chi connectivity index (χ2n) is 3.85. The van der Waals surface area contributed by atoms with Crippen molar-refractivity contribution in [2.75, 3.05) is 0 Å². The van der Waals surface area contributed by atoms with Gasteiger partial charge in [-0.3, -0.25) is 4.68 Å². The van der Waals surface area contributed by atoms with Crippen molar-refractivity contribution in [2.45, 2.75) is 45.6 Å². The third-order valence-corrected chi connectivity index (χ3v) is 2.46. The van der Waals surface area contributed by atoms with E-state index < -0.39 is 0 Å². The number of unbranched alkanes of at least 4 members (excludes halogenated alkanes) is 2. The number of hydrogen-bond donors (Lipinski definition) is 1. The highest BCUT2D eigenvalue weighted by Gasteiger charge is 2.11. The fraction of sp³-hybridized carbons (Fsp3) is 0.727. The number of aryl methyl sites for hydroxylation is 2. The number of aliphatic hydroxyl groups excluding tert-OH is 1. The summed E-state index contributed by atoms with van der Waals surface area (Å²) >= 11 is 0. The number of aliphatic hydroxyl groups is 1. The van der Waals surface area contributed by atoms with Gasteiger partial charge in [0.1, 0.15) is 0 Å². The molecule has 0 fully saturated rings. The molecule has 0 aliphatic rings. The maximum Gasteiger partial charge on any atom is 0.0956 e. The van der Waals surface area contributed by atoms with Crippen LogP contribution in [0.2, 0.25) is 0 Å². The molecule has 80 valence electrons. The molecule has 3 nitrogen and oxygen atoms in total. The zero-order chi connectivity index (χ0) is 10.6. The van der Waals surface area contributed by atoms with E-state index in [1.165, 1.54) is 12.8 Å². The van der Waals surface area contributed by atoms with Gasteiger partial charge in [0.25, 0.3) is 0 Å². The smallest absolute Gasteiger partial charge is 0.0956 e. The van der Waals surface area contributed by atoms with Crippen molar-refractivity contribution in [3.8, 4) is 0 Å². The summed E-state index contributed by atoms with van der Waals surface area (Å²) in [6, 6.07) is 1.95. The van der Waals surface area contributed by atoms with Crippen LogP contribution in [-0.4, -0.2) is 14.9 Å². The minimum atomic E-state index is -0.354. The fourth-order valence-corrected chi connectivity index (χ4v) is 1.68. The summed E-state index contributed by atoms with van der Waals surface area (Å²) in [5, 5.41) is 14.1. The van der Waals surface area contributed by atoms with E-state index >= 15 is 0 Å². The summed E-state index contributed by atoms with van der Waals surface area (Å²) in [7, 11) is 1.88. The van der Waals surface area contributed by atoms with Crippen LogP contribution in [0, 0.1) is 6.92 Å². The molecule has 0 aromatic carbocycles. The molecule has 0 saturated heterocycles. The van der Waals surface area contributed by atoms with Crippen molar-refractivity contribution < 1.29 is 5.11 Å². The average molecular weight is 196 g/mol. The van der Waals surface area contributed by atoms with E-state index in [2.05, 4.69) is 12.0 Å². The van der Waals surface area contributed by atoms with Crippen LogP contribution >= 0.6 is 0 Å².